The van der Waals surface area contributed by atoms with Crippen molar-refractivity contribution in [1.82, 2.24) is 10.0 Å². The molecule has 2 N–H and O–H groups in total. The highest BCUT2D eigenvalue weighted by Crippen LogP contribution is 2.30. The summed E-state index contributed by atoms with van der Waals surface area (Å²) in [7, 11) is -2.04. The molecule has 0 aliphatic carbocycles. The molecule has 0 aliphatic rings. The molecule has 1 aromatic heterocycles. The number of sulfonamides is 1. The van der Waals surface area contributed by atoms with Crippen molar-refractivity contribution < 1.29 is 13.2 Å². The highest BCUT2D eigenvalue weighted by Gasteiger charge is 2.23. The van der Waals surface area contributed by atoms with Crippen LogP contribution in [-0.2, 0) is 21.2 Å². The van der Waals surface area contributed by atoms with E-state index >= 15 is 0 Å². The number of nitrogens with one attached hydrogen (secondary N) is 2. The molecule has 27 heavy (non-hydrogen) atoms. The lowest BCUT2D eigenvalue weighted by Crippen LogP contribution is -2.32. The predicted octanol–water partition coefficient (Wildman–Crippen LogP) is 3.88. The number of hydrogen-bond donors (Lipinski definition) is 2. The second kappa shape index (κ2) is 10.0. The number of carbonyl (C=O) groups excluding carboxylic acids is 1. The Kier molecular flexibility index (Phi) is 8.01. The molecule has 5 nitrogen and oxygen atoms in total. The third-order valence-corrected chi connectivity index (χ3v) is 7.22. The van der Waals surface area contributed by atoms with E-state index < -0.39 is 10.0 Å². The van der Waals surface area contributed by atoms with Crippen molar-refractivity contribution >= 4 is 27.3 Å². The fourth-order valence-electron chi connectivity index (χ4n) is 3.11. The third-order valence-electron chi connectivity index (χ3n) is 4.83. The van der Waals surface area contributed by atoms with Gasteiger partial charge in [0.1, 0.15) is 0 Å². The van der Waals surface area contributed by atoms with Crippen LogP contribution in [0.5, 0.6) is 0 Å². The first-order chi connectivity index (χ1) is 12.9. The lowest BCUT2D eigenvalue weighted by molar-refractivity contribution is -0.122. The molecule has 0 bridgehead atoms. The molecule has 0 spiro atoms. The first kappa shape index (κ1) is 21.6. The molecule has 148 valence electrons. The quantitative estimate of drug-likeness (QED) is 0.626. The molecule has 2 aromatic rings. The highest BCUT2D eigenvalue weighted by atomic mass is 32.2. The Morgan fingerprint density at radius 3 is 2.30 bits per heavy atom. The van der Waals surface area contributed by atoms with E-state index in [0.717, 1.165) is 18.4 Å². The van der Waals surface area contributed by atoms with Crippen molar-refractivity contribution in [2.24, 2.45) is 5.92 Å². The zero-order chi connectivity index (χ0) is 19.9. The average molecular weight is 409 g/mol. The van der Waals surface area contributed by atoms with Gasteiger partial charge >= 0.3 is 0 Å². The zero-order valence-electron chi connectivity index (χ0n) is 16.1. The maximum absolute atomic E-state index is 12.5. The summed E-state index contributed by atoms with van der Waals surface area (Å²) in [5.74, 6) is 0.436. The van der Waals surface area contributed by atoms with Crippen LogP contribution >= 0.6 is 11.3 Å². The SMILES string of the molecule is CCC(CC)C(NC(=O)CCc1ccc(S(=O)(=O)NC)cc1)c1cccs1. The van der Waals surface area contributed by atoms with E-state index in [1.54, 1.807) is 35.6 Å². The molecule has 0 radical (unpaired) electrons. The molecule has 0 fully saturated rings. The number of rotatable bonds is 10. The van der Waals surface area contributed by atoms with Crippen molar-refractivity contribution in [3.05, 3.63) is 52.2 Å². The molecule has 2 rings (SSSR count). The summed E-state index contributed by atoms with van der Waals surface area (Å²) in [6.07, 6.45) is 2.98. The third kappa shape index (κ3) is 5.89. The molecule has 1 unspecified atom stereocenters. The van der Waals surface area contributed by atoms with Crippen molar-refractivity contribution in [3.63, 3.8) is 0 Å². The van der Waals surface area contributed by atoms with Gasteiger partial charge in [-0.25, -0.2) is 13.1 Å². The average Bonchev–Trinajstić information content (AvgIpc) is 3.21. The van der Waals surface area contributed by atoms with Gasteiger partial charge in [-0.1, -0.05) is 44.9 Å². The Balaban J connectivity index is 1.98. The smallest absolute Gasteiger partial charge is 0.240 e. The number of amides is 1. The van der Waals surface area contributed by atoms with Gasteiger partial charge in [-0.05, 0) is 48.5 Å². The van der Waals surface area contributed by atoms with Crippen LogP contribution in [0.2, 0.25) is 0 Å². The summed E-state index contributed by atoms with van der Waals surface area (Å²) >= 11 is 1.68. The number of carbonyl (C=O) groups is 1. The second-order valence-electron chi connectivity index (χ2n) is 6.49. The molecular weight excluding hydrogens is 380 g/mol. The fourth-order valence-corrected chi connectivity index (χ4v) is 4.71. The monoisotopic (exact) mass is 408 g/mol. The van der Waals surface area contributed by atoms with Crippen LogP contribution in [0, 0.1) is 5.92 Å². The van der Waals surface area contributed by atoms with Gasteiger partial charge < -0.3 is 5.32 Å². The summed E-state index contributed by atoms with van der Waals surface area (Å²) in [6.45, 7) is 4.31. The van der Waals surface area contributed by atoms with Crippen LogP contribution in [-0.4, -0.2) is 21.4 Å². The van der Waals surface area contributed by atoms with Crippen LogP contribution in [0.3, 0.4) is 0 Å². The van der Waals surface area contributed by atoms with E-state index in [-0.39, 0.29) is 16.8 Å². The van der Waals surface area contributed by atoms with Gasteiger partial charge in [-0.3, -0.25) is 4.79 Å². The topological polar surface area (TPSA) is 75.3 Å². The molecular formula is C20H28N2O3S2. The molecule has 0 aliphatic heterocycles. The van der Waals surface area contributed by atoms with Gasteiger partial charge in [0, 0.05) is 11.3 Å². The van der Waals surface area contributed by atoms with Crippen LogP contribution in [0.1, 0.15) is 49.6 Å². The number of aryl methyl sites for hydroxylation is 1. The maximum Gasteiger partial charge on any atom is 0.240 e. The lowest BCUT2D eigenvalue weighted by atomic mass is 9.92. The van der Waals surface area contributed by atoms with Crippen molar-refractivity contribution in [1.29, 1.82) is 0 Å². The Morgan fingerprint density at radius 2 is 1.78 bits per heavy atom. The van der Waals surface area contributed by atoms with Crippen LogP contribution in [0.4, 0.5) is 0 Å². The van der Waals surface area contributed by atoms with Gasteiger partial charge in [-0.2, -0.15) is 0 Å². The molecule has 1 atom stereocenters. The standard InChI is InChI=1S/C20H28N2O3S2/c1-4-16(5-2)20(18-7-6-14-26-18)22-19(23)13-10-15-8-11-17(12-9-15)27(24,25)21-3/h6-9,11-12,14,16,20-21H,4-5,10,13H2,1-3H3,(H,22,23). The minimum atomic E-state index is -3.43. The highest BCUT2D eigenvalue weighted by molar-refractivity contribution is 7.89. The van der Waals surface area contributed by atoms with Crippen LogP contribution in [0.15, 0.2) is 46.7 Å². The summed E-state index contributed by atoms with van der Waals surface area (Å²) in [5, 5.41) is 5.24. The largest absolute Gasteiger partial charge is 0.348 e. The Labute approximate surface area is 166 Å². The van der Waals surface area contributed by atoms with Crippen molar-refractivity contribution in [3.8, 4) is 0 Å². The minimum Gasteiger partial charge on any atom is -0.348 e. The van der Waals surface area contributed by atoms with E-state index in [9.17, 15) is 13.2 Å². The van der Waals surface area contributed by atoms with E-state index in [4.69, 9.17) is 0 Å². The Morgan fingerprint density at radius 1 is 1.11 bits per heavy atom. The summed E-state index contributed by atoms with van der Waals surface area (Å²) in [4.78, 5) is 13.9. The van der Waals surface area contributed by atoms with Gasteiger partial charge in [0.25, 0.3) is 0 Å². The number of benzene rings is 1. The first-order valence-corrected chi connectivity index (χ1v) is 11.6. The zero-order valence-corrected chi connectivity index (χ0v) is 17.7. The second-order valence-corrected chi connectivity index (χ2v) is 9.35. The normalized spacial score (nSPS) is 12.9. The van der Waals surface area contributed by atoms with Gasteiger partial charge in [0.05, 0.1) is 10.9 Å². The molecule has 0 saturated heterocycles. The minimum absolute atomic E-state index is 0.0206. The van der Waals surface area contributed by atoms with E-state index in [1.807, 2.05) is 11.4 Å². The van der Waals surface area contributed by atoms with E-state index in [2.05, 4.69) is 30.0 Å². The van der Waals surface area contributed by atoms with Crippen LogP contribution in [0.25, 0.3) is 0 Å². The summed E-state index contributed by atoms with van der Waals surface area (Å²) in [5.41, 5.74) is 0.940. The first-order valence-electron chi connectivity index (χ1n) is 9.26. The molecule has 0 saturated carbocycles. The van der Waals surface area contributed by atoms with E-state index in [1.165, 1.54) is 11.9 Å². The van der Waals surface area contributed by atoms with Gasteiger partial charge in [0.2, 0.25) is 15.9 Å². The summed E-state index contributed by atoms with van der Waals surface area (Å²) < 4.78 is 25.8. The van der Waals surface area contributed by atoms with Crippen molar-refractivity contribution in [2.75, 3.05) is 7.05 Å². The Hall–Kier alpha value is -1.70. The van der Waals surface area contributed by atoms with E-state index in [0.29, 0.717) is 18.8 Å². The molecule has 7 heteroatoms. The van der Waals surface area contributed by atoms with Gasteiger partial charge in [-0.15, -0.1) is 11.3 Å². The molecule has 1 aromatic carbocycles. The predicted molar refractivity (Wildman–Crippen MR) is 110 cm³/mol. The number of hydrogen-bond acceptors (Lipinski definition) is 4. The van der Waals surface area contributed by atoms with Gasteiger partial charge in [0.15, 0.2) is 0 Å². The maximum atomic E-state index is 12.5. The van der Waals surface area contributed by atoms with Crippen molar-refractivity contribution in [2.45, 2.75) is 50.5 Å². The lowest BCUT2D eigenvalue weighted by Gasteiger charge is -2.25. The Bertz CT molecular complexity index is 811. The fraction of sp³-hybridized carbons (Fsp3) is 0.450. The molecule has 1 heterocycles. The number of thiophene rings is 1. The summed E-state index contributed by atoms with van der Waals surface area (Å²) in [6, 6.07) is 10.8. The molecule has 1 amide bonds. The van der Waals surface area contributed by atoms with Crippen LogP contribution < -0.4 is 10.0 Å².